The van der Waals surface area contributed by atoms with Crippen molar-refractivity contribution in [1.82, 2.24) is 25.0 Å². The Bertz CT molecular complexity index is 1100. The fourth-order valence-electron chi connectivity index (χ4n) is 3.47. The van der Waals surface area contributed by atoms with Gasteiger partial charge in [0.1, 0.15) is 11.5 Å². The maximum Gasteiger partial charge on any atom is 0.155 e. The molecule has 7 heteroatoms. The van der Waals surface area contributed by atoms with Gasteiger partial charge in [-0.2, -0.15) is 10.2 Å². The average Bonchev–Trinajstić information content (AvgIpc) is 3.26. The SMILES string of the molecule is CC1Cn2nc(-c3ccc(F)cc3)c(-c3ccnc4[nH]ncc34)c2CO1. The van der Waals surface area contributed by atoms with Crippen LogP contribution in [-0.2, 0) is 17.9 Å². The third-order valence-corrected chi connectivity index (χ3v) is 4.73. The molecule has 0 fully saturated rings. The topological polar surface area (TPSA) is 68.6 Å². The van der Waals surface area contributed by atoms with Crippen molar-refractivity contribution in [1.29, 1.82) is 0 Å². The normalized spacial score (nSPS) is 16.8. The average molecular weight is 349 g/mol. The van der Waals surface area contributed by atoms with Gasteiger partial charge in [-0.15, -0.1) is 0 Å². The van der Waals surface area contributed by atoms with Crippen molar-refractivity contribution in [3.8, 4) is 22.4 Å². The summed E-state index contributed by atoms with van der Waals surface area (Å²) in [4.78, 5) is 4.32. The van der Waals surface area contributed by atoms with Gasteiger partial charge in [-0.3, -0.25) is 9.78 Å². The summed E-state index contributed by atoms with van der Waals surface area (Å²) >= 11 is 0. The lowest BCUT2D eigenvalue weighted by atomic mass is 9.97. The van der Waals surface area contributed by atoms with Crippen molar-refractivity contribution >= 4 is 11.0 Å². The minimum Gasteiger partial charge on any atom is -0.370 e. The zero-order chi connectivity index (χ0) is 17.7. The first-order chi connectivity index (χ1) is 12.7. The second kappa shape index (κ2) is 5.74. The standard InChI is InChI=1S/C19H16FN5O/c1-11-9-25-16(10-26-11)17(14-6-7-21-19-15(14)8-22-23-19)18(24-25)12-2-4-13(20)5-3-12/h2-8,11H,9-10H2,1H3,(H,21,22,23). The van der Waals surface area contributed by atoms with Crippen LogP contribution in [0.5, 0.6) is 0 Å². The van der Waals surface area contributed by atoms with Crippen LogP contribution in [0, 0.1) is 5.82 Å². The van der Waals surface area contributed by atoms with E-state index in [4.69, 9.17) is 9.84 Å². The van der Waals surface area contributed by atoms with Gasteiger partial charge in [0.2, 0.25) is 0 Å². The van der Waals surface area contributed by atoms with E-state index in [9.17, 15) is 4.39 Å². The van der Waals surface area contributed by atoms with Crippen molar-refractivity contribution < 1.29 is 9.13 Å². The molecule has 26 heavy (non-hydrogen) atoms. The van der Waals surface area contributed by atoms with Gasteiger partial charge < -0.3 is 4.74 Å². The number of pyridine rings is 1. The smallest absolute Gasteiger partial charge is 0.155 e. The molecule has 5 rings (SSSR count). The molecule has 1 unspecified atom stereocenters. The number of nitrogens with zero attached hydrogens (tertiary/aromatic N) is 4. The van der Waals surface area contributed by atoms with Gasteiger partial charge >= 0.3 is 0 Å². The number of H-pyrrole nitrogens is 1. The van der Waals surface area contributed by atoms with Gasteiger partial charge in [-0.25, -0.2) is 9.37 Å². The number of fused-ring (bicyclic) bond motifs is 2. The summed E-state index contributed by atoms with van der Waals surface area (Å²) in [5.41, 5.74) is 5.38. The van der Waals surface area contributed by atoms with Crippen LogP contribution in [0.15, 0.2) is 42.7 Å². The molecule has 1 atom stereocenters. The van der Waals surface area contributed by atoms with Crippen LogP contribution in [0.4, 0.5) is 4.39 Å². The van der Waals surface area contributed by atoms with Crippen molar-refractivity contribution in [2.75, 3.05) is 0 Å². The van der Waals surface area contributed by atoms with Crippen molar-refractivity contribution in [3.05, 3.63) is 54.2 Å². The fourth-order valence-corrected chi connectivity index (χ4v) is 3.47. The van der Waals surface area contributed by atoms with Crippen LogP contribution in [0.25, 0.3) is 33.4 Å². The molecule has 6 nitrogen and oxygen atoms in total. The molecular weight excluding hydrogens is 333 g/mol. The largest absolute Gasteiger partial charge is 0.370 e. The zero-order valence-electron chi connectivity index (χ0n) is 14.1. The molecule has 0 radical (unpaired) electrons. The second-order valence-electron chi connectivity index (χ2n) is 6.47. The third-order valence-electron chi connectivity index (χ3n) is 4.73. The third kappa shape index (κ3) is 2.32. The molecule has 0 saturated carbocycles. The molecule has 0 spiro atoms. The molecule has 1 aromatic carbocycles. The number of ether oxygens (including phenoxy) is 1. The van der Waals surface area contributed by atoms with Gasteiger partial charge in [0.05, 0.1) is 31.1 Å². The fraction of sp³-hybridized carbons (Fsp3) is 0.211. The zero-order valence-corrected chi connectivity index (χ0v) is 14.1. The summed E-state index contributed by atoms with van der Waals surface area (Å²) < 4.78 is 21.3. The summed E-state index contributed by atoms with van der Waals surface area (Å²) in [5.74, 6) is -0.266. The molecule has 0 saturated heterocycles. The van der Waals surface area contributed by atoms with E-state index in [-0.39, 0.29) is 11.9 Å². The summed E-state index contributed by atoms with van der Waals surface area (Å²) in [6.45, 7) is 3.19. The first-order valence-electron chi connectivity index (χ1n) is 8.46. The molecule has 130 valence electrons. The molecule has 0 bridgehead atoms. The number of benzene rings is 1. The highest BCUT2D eigenvalue weighted by atomic mass is 19.1. The van der Waals surface area contributed by atoms with Gasteiger partial charge in [-0.05, 0) is 42.8 Å². The maximum absolute atomic E-state index is 13.4. The molecule has 0 amide bonds. The molecule has 0 aliphatic carbocycles. The first kappa shape index (κ1) is 15.2. The molecule has 1 aliphatic rings. The van der Waals surface area contributed by atoms with E-state index < -0.39 is 0 Å². The number of aromatic nitrogens is 5. The van der Waals surface area contributed by atoms with Gasteiger partial charge in [0.15, 0.2) is 5.65 Å². The van der Waals surface area contributed by atoms with E-state index in [1.165, 1.54) is 12.1 Å². The van der Waals surface area contributed by atoms with E-state index in [1.807, 2.05) is 17.7 Å². The van der Waals surface area contributed by atoms with Crippen LogP contribution in [0.1, 0.15) is 12.6 Å². The Morgan fingerprint density at radius 2 is 2.08 bits per heavy atom. The molecule has 4 aromatic rings. The quantitative estimate of drug-likeness (QED) is 0.601. The molecule has 3 aromatic heterocycles. The van der Waals surface area contributed by atoms with Gasteiger partial charge in [0, 0.05) is 22.7 Å². The molecule has 1 aliphatic heterocycles. The number of hydrogen-bond donors (Lipinski definition) is 1. The Kier molecular flexibility index (Phi) is 3.36. The van der Waals surface area contributed by atoms with Crippen LogP contribution in [0.3, 0.4) is 0 Å². The molecular formula is C19H16FN5O. The number of hydrogen-bond acceptors (Lipinski definition) is 4. The second-order valence-corrected chi connectivity index (χ2v) is 6.47. The summed E-state index contributed by atoms with van der Waals surface area (Å²) in [6, 6.07) is 8.38. The van der Waals surface area contributed by atoms with Gasteiger partial charge in [-0.1, -0.05) is 0 Å². The number of nitrogens with one attached hydrogen (secondary N) is 1. The Labute approximate surface area is 148 Å². The molecule has 1 N–H and O–H groups in total. The summed E-state index contributed by atoms with van der Waals surface area (Å²) in [5, 5.41) is 12.8. The lowest BCUT2D eigenvalue weighted by Gasteiger charge is -2.21. The van der Waals surface area contributed by atoms with Crippen LogP contribution in [0.2, 0.25) is 0 Å². The predicted molar refractivity (Wildman–Crippen MR) is 94.8 cm³/mol. The number of aromatic amines is 1. The van der Waals surface area contributed by atoms with E-state index in [0.717, 1.165) is 39.1 Å². The summed E-state index contributed by atoms with van der Waals surface area (Å²) in [7, 11) is 0. The van der Waals surface area contributed by atoms with Crippen LogP contribution < -0.4 is 0 Å². The van der Waals surface area contributed by atoms with Crippen molar-refractivity contribution in [2.24, 2.45) is 0 Å². The Morgan fingerprint density at radius 1 is 1.23 bits per heavy atom. The number of rotatable bonds is 2. The highest BCUT2D eigenvalue weighted by Gasteiger charge is 2.26. The van der Waals surface area contributed by atoms with Crippen LogP contribution >= 0.6 is 0 Å². The minimum atomic E-state index is -0.266. The van der Waals surface area contributed by atoms with Crippen molar-refractivity contribution in [3.63, 3.8) is 0 Å². The van der Waals surface area contributed by atoms with E-state index >= 15 is 0 Å². The lowest BCUT2D eigenvalue weighted by molar-refractivity contribution is 0.0128. The number of halogens is 1. The van der Waals surface area contributed by atoms with E-state index in [2.05, 4.69) is 15.2 Å². The first-order valence-corrected chi connectivity index (χ1v) is 8.46. The van der Waals surface area contributed by atoms with Crippen molar-refractivity contribution in [2.45, 2.75) is 26.2 Å². The highest BCUT2D eigenvalue weighted by molar-refractivity contribution is 5.97. The maximum atomic E-state index is 13.4. The van der Waals surface area contributed by atoms with E-state index in [1.54, 1.807) is 24.5 Å². The van der Waals surface area contributed by atoms with Crippen LogP contribution in [-0.4, -0.2) is 31.1 Å². The Balaban J connectivity index is 1.80. The summed E-state index contributed by atoms with van der Waals surface area (Å²) in [6.07, 6.45) is 3.62. The Morgan fingerprint density at radius 3 is 2.92 bits per heavy atom. The molecule has 4 heterocycles. The van der Waals surface area contributed by atoms with E-state index in [0.29, 0.717) is 13.2 Å². The lowest BCUT2D eigenvalue weighted by Crippen LogP contribution is -2.25. The minimum absolute atomic E-state index is 0.0997. The monoisotopic (exact) mass is 349 g/mol. The Hall–Kier alpha value is -3.06. The highest BCUT2D eigenvalue weighted by Crippen LogP contribution is 2.39. The predicted octanol–water partition coefficient (Wildman–Crippen LogP) is 3.55. The van der Waals surface area contributed by atoms with Gasteiger partial charge in [0.25, 0.3) is 0 Å².